The van der Waals surface area contributed by atoms with E-state index in [9.17, 15) is 4.79 Å². The van der Waals surface area contributed by atoms with Crippen LogP contribution in [0.2, 0.25) is 0 Å². The zero-order chi connectivity index (χ0) is 14.0. The molecule has 3 rings (SSSR count). The number of aryl methyl sites for hydroxylation is 1. The Balaban J connectivity index is 1.48. The Morgan fingerprint density at radius 2 is 1.70 bits per heavy atom. The third-order valence-corrected chi connectivity index (χ3v) is 4.56. The molecule has 2 N–H and O–H groups in total. The summed E-state index contributed by atoms with van der Waals surface area (Å²) in [6, 6.07) is 8.64. The van der Waals surface area contributed by atoms with Crippen molar-refractivity contribution in [3.63, 3.8) is 0 Å². The first-order valence-corrected chi connectivity index (χ1v) is 7.79. The number of rotatable bonds is 5. The Hall–Kier alpha value is -1.35. The molecule has 0 aromatic heterocycles. The van der Waals surface area contributed by atoms with Crippen molar-refractivity contribution >= 4 is 5.91 Å². The molecule has 0 bridgehead atoms. The second kappa shape index (κ2) is 5.57. The van der Waals surface area contributed by atoms with Crippen LogP contribution in [0.5, 0.6) is 0 Å². The lowest BCUT2D eigenvalue weighted by Gasteiger charge is -2.15. The van der Waals surface area contributed by atoms with Gasteiger partial charge in [-0.25, -0.2) is 0 Å². The fraction of sp³-hybridized carbons (Fsp3) is 0.588. The number of hydrogen-bond donors (Lipinski definition) is 1. The van der Waals surface area contributed by atoms with E-state index in [0.29, 0.717) is 12.3 Å². The standard InChI is InChI=1S/C17H24N2O/c18-17(9-10-17)13-15-5-3-14(4-6-15)7-8-16(20)19-11-1-2-12-19/h3-6H,1-2,7-13,18H2. The molecular weight excluding hydrogens is 248 g/mol. The second-order valence-corrected chi connectivity index (χ2v) is 6.44. The van der Waals surface area contributed by atoms with Crippen LogP contribution in [-0.4, -0.2) is 29.4 Å². The number of carbonyl (C=O) groups is 1. The SMILES string of the molecule is NC1(Cc2ccc(CCC(=O)N3CCCC3)cc2)CC1. The summed E-state index contributed by atoms with van der Waals surface area (Å²) in [5.41, 5.74) is 8.78. The van der Waals surface area contributed by atoms with Gasteiger partial charge in [0.2, 0.25) is 5.91 Å². The van der Waals surface area contributed by atoms with Crippen molar-refractivity contribution < 1.29 is 4.79 Å². The molecule has 0 spiro atoms. The number of nitrogens with two attached hydrogens (primary N) is 1. The van der Waals surface area contributed by atoms with Crippen LogP contribution in [0.25, 0.3) is 0 Å². The van der Waals surface area contributed by atoms with Crippen LogP contribution in [0.3, 0.4) is 0 Å². The summed E-state index contributed by atoms with van der Waals surface area (Å²) in [5, 5.41) is 0. The third kappa shape index (κ3) is 3.40. The Kier molecular flexibility index (Phi) is 3.79. The van der Waals surface area contributed by atoms with Crippen LogP contribution in [0.4, 0.5) is 0 Å². The maximum atomic E-state index is 12.0. The molecule has 108 valence electrons. The average molecular weight is 272 g/mol. The fourth-order valence-electron chi connectivity index (χ4n) is 2.94. The van der Waals surface area contributed by atoms with Crippen LogP contribution in [0.1, 0.15) is 43.2 Å². The Morgan fingerprint density at radius 3 is 2.30 bits per heavy atom. The molecule has 20 heavy (non-hydrogen) atoms. The van der Waals surface area contributed by atoms with Crippen molar-refractivity contribution in [1.82, 2.24) is 4.90 Å². The minimum absolute atomic E-state index is 0.0766. The maximum Gasteiger partial charge on any atom is 0.222 e. The summed E-state index contributed by atoms with van der Waals surface area (Å²) in [6.07, 6.45) is 7.12. The average Bonchev–Trinajstić information content (AvgIpc) is 2.96. The summed E-state index contributed by atoms with van der Waals surface area (Å²) >= 11 is 0. The lowest BCUT2D eigenvalue weighted by atomic mass is 10.0. The van der Waals surface area contributed by atoms with Gasteiger partial charge in [0.1, 0.15) is 0 Å². The van der Waals surface area contributed by atoms with Gasteiger partial charge in [0.25, 0.3) is 0 Å². The molecule has 0 radical (unpaired) electrons. The monoisotopic (exact) mass is 272 g/mol. The molecule has 1 amide bonds. The summed E-state index contributed by atoms with van der Waals surface area (Å²) in [7, 11) is 0. The van der Waals surface area contributed by atoms with Crippen LogP contribution < -0.4 is 5.73 Å². The Morgan fingerprint density at radius 1 is 1.10 bits per heavy atom. The van der Waals surface area contributed by atoms with Crippen molar-refractivity contribution in [3.8, 4) is 0 Å². The highest BCUT2D eigenvalue weighted by atomic mass is 16.2. The Labute approximate surface area is 121 Å². The van der Waals surface area contributed by atoms with E-state index in [2.05, 4.69) is 24.3 Å². The topological polar surface area (TPSA) is 46.3 Å². The third-order valence-electron chi connectivity index (χ3n) is 4.56. The zero-order valence-corrected chi connectivity index (χ0v) is 12.1. The van der Waals surface area contributed by atoms with Crippen LogP contribution in [0, 0.1) is 0 Å². The summed E-state index contributed by atoms with van der Waals surface area (Å²) in [5.74, 6) is 0.311. The lowest BCUT2D eigenvalue weighted by Crippen LogP contribution is -2.27. The summed E-state index contributed by atoms with van der Waals surface area (Å²) in [4.78, 5) is 14.0. The molecule has 1 aromatic rings. The van der Waals surface area contributed by atoms with Crippen molar-refractivity contribution in [2.45, 2.75) is 50.5 Å². The molecule has 0 atom stereocenters. The summed E-state index contributed by atoms with van der Waals surface area (Å²) in [6.45, 7) is 1.91. The largest absolute Gasteiger partial charge is 0.343 e. The van der Waals surface area contributed by atoms with Gasteiger partial charge in [-0.1, -0.05) is 24.3 Å². The smallest absolute Gasteiger partial charge is 0.222 e. The zero-order valence-electron chi connectivity index (χ0n) is 12.1. The molecule has 1 aromatic carbocycles. The highest BCUT2D eigenvalue weighted by Crippen LogP contribution is 2.35. The van der Waals surface area contributed by atoms with E-state index in [1.807, 2.05) is 4.90 Å². The number of amides is 1. The number of likely N-dealkylation sites (tertiary alicyclic amines) is 1. The summed E-state index contributed by atoms with van der Waals surface area (Å²) < 4.78 is 0. The molecule has 1 saturated heterocycles. The molecule has 1 heterocycles. The number of nitrogens with zero attached hydrogens (tertiary/aromatic N) is 1. The van der Waals surface area contributed by atoms with Crippen molar-refractivity contribution in [3.05, 3.63) is 35.4 Å². The Bertz CT molecular complexity index is 470. The number of hydrogen-bond acceptors (Lipinski definition) is 2. The van der Waals surface area contributed by atoms with Gasteiger partial charge < -0.3 is 10.6 Å². The highest BCUT2D eigenvalue weighted by molar-refractivity contribution is 5.76. The number of carbonyl (C=O) groups excluding carboxylic acids is 1. The van der Waals surface area contributed by atoms with E-state index in [0.717, 1.165) is 38.8 Å². The van der Waals surface area contributed by atoms with Gasteiger partial charge >= 0.3 is 0 Å². The van der Waals surface area contributed by atoms with Crippen LogP contribution >= 0.6 is 0 Å². The number of benzene rings is 1. The van der Waals surface area contributed by atoms with E-state index in [1.54, 1.807) is 0 Å². The minimum Gasteiger partial charge on any atom is -0.343 e. The molecule has 1 aliphatic carbocycles. The first-order chi connectivity index (χ1) is 9.65. The molecule has 2 fully saturated rings. The predicted molar refractivity (Wildman–Crippen MR) is 80.4 cm³/mol. The molecule has 2 aliphatic rings. The van der Waals surface area contributed by atoms with Gasteiger partial charge in [-0.15, -0.1) is 0 Å². The molecule has 3 nitrogen and oxygen atoms in total. The molecular formula is C17H24N2O. The van der Waals surface area contributed by atoms with Gasteiger partial charge in [0, 0.05) is 25.0 Å². The fourth-order valence-corrected chi connectivity index (χ4v) is 2.94. The quantitative estimate of drug-likeness (QED) is 0.894. The van der Waals surface area contributed by atoms with Gasteiger partial charge in [-0.05, 0) is 49.7 Å². The molecule has 0 unspecified atom stereocenters. The first kappa shape index (κ1) is 13.6. The lowest BCUT2D eigenvalue weighted by molar-refractivity contribution is -0.130. The first-order valence-electron chi connectivity index (χ1n) is 7.79. The van der Waals surface area contributed by atoms with E-state index < -0.39 is 0 Å². The predicted octanol–water partition coefficient (Wildman–Crippen LogP) is 2.28. The van der Waals surface area contributed by atoms with Gasteiger partial charge in [-0.2, -0.15) is 0 Å². The van der Waals surface area contributed by atoms with Crippen LogP contribution in [0.15, 0.2) is 24.3 Å². The second-order valence-electron chi connectivity index (χ2n) is 6.44. The van der Waals surface area contributed by atoms with Gasteiger partial charge in [0.15, 0.2) is 0 Å². The van der Waals surface area contributed by atoms with E-state index in [1.165, 1.54) is 24.0 Å². The maximum absolute atomic E-state index is 12.0. The minimum atomic E-state index is 0.0766. The van der Waals surface area contributed by atoms with E-state index >= 15 is 0 Å². The van der Waals surface area contributed by atoms with Gasteiger partial charge in [0.05, 0.1) is 0 Å². The molecule has 1 saturated carbocycles. The van der Waals surface area contributed by atoms with Crippen molar-refractivity contribution in [2.24, 2.45) is 5.73 Å². The molecule has 3 heteroatoms. The molecule has 1 aliphatic heterocycles. The van der Waals surface area contributed by atoms with E-state index in [4.69, 9.17) is 5.73 Å². The van der Waals surface area contributed by atoms with Gasteiger partial charge in [-0.3, -0.25) is 4.79 Å². The normalized spacial score (nSPS) is 20.1. The van der Waals surface area contributed by atoms with E-state index in [-0.39, 0.29) is 5.54 Å². The van der Waals surface area contributed by atoms with Crippen molar-refractivity contribution in [1.29, 1.82) is 0 Å². The van der Waals surface area contributed by atoms with Crippen LogP contribution in [-0.2, 0) is 17.6 Å². The van der Waals surface area contributed by atoms with Crippen molar-refractivity contribution in [2.75, 3.05) is 13.1 Å². The highest BCUT2D eigenvalue weighted by Gasteiger charge is 2.37.